The number of hydrogen-bond acceptors (Lipinski definition) is 6. The summed E-state index contributed by atoms with van der Waals surface area (Å²) in [6, 6.07) is 70.6. The Morgan fingerprint density at radius 3 is 1.44 bits per heavy atom. The molecule has 0 atom stereocenters. The minimum Gasteiger partial charge on any atom is -0.452 e. The molecule has 8 aromatic carbocycles. The van der Waals surface area contributed by atoms with Crippen molar-refractivity contribution in [2.75, 3.05) is 0 Å². The van der Waals surface area contributed by atoms with E-state index in [4.69, 9.17) is 29.3 Å². The maximum Gasteiger partial charge on any atom is 0.180 e. The molecule has 0 spiro atoms. The zero-order valence-corrected chi connectivity index (χ0v) is 33.2. The van der Waals surface area contributed by atoms with Gasteiger partial charge in [-0.3, -0.25) is 0 Å². The lowest BCUT2D eigenvalue weighted by Gasteiger charge is -2.10. The van der Waals surface area contributed by atoms with Crippen LogP contribution in [0.15, 0.2) is 211 Å². The first-order valence-corrected chi connectivity index (χ1v) is 20.6. The fraction of sp³-hybridized carbons (Fsp3) is 0. The standard InChI is InChI=1S/C55H34N6O/c1-4-14-38(15-5-1)52-58-53(39-16-6-2-7-17-39)60-54(59-52)40-30-26-36(27-31-40)35-24-28-37(29-25-35)49-51-50(44-21-11-13-23-48(44)62-51)57-55(56-49)41-32-33-47-45(34-41)43-20-10-12-22-46(43)61(47)42-18-8-3-9-19-42/h1-34H. The molecular weight excluding hydrogens is 761 g/mol. The largest absolute Gasteiger partial charge is 0.452 e. The van der Waals surface area contributed by atoms with E-state index in [0.717, 1.165) is 83.2 Å². The minimum absolute atomic E-state index is 0.620. The van der Waals surface area contributed by atoms with Gasteiger partial charge in [0.1, 0.15) is 16.8 Å². The monoisotopic (exact) mass is 794 g/mol. The van der Waals surface area contributed by atoms with Crippen LogP contribution in [0, 0.1) is 0 Å². The van der Waals surface area contributed by atoms with Crippen LogP contribution in [0.1, 0.15) is 0 Å². The van der Waals surface area contributed by atoms with E-state index in [0.29, 0.717) is 28.9 Å². The Hall–Kier alpha value is -8.55. The maximum atomic E-state index is 6.51. The number of aromatic nitrogens is 6. The maximum absolute atomic E-state index is 6.51. The molecule has 0 saturated carbocycles. The molecule has 7 nitrogen and oxygen atoms in total. The lowest BCUT2D eigenvalue weighted by molar-refractivity contribution is 0.667. The molecule has 0 saturated heterocycles. The Kier molecular flexibility index (Phi) is 8.35. The second-order valence-corrected chi connectivity index (χ2v) is 15.3. The van der Waals surface area contributed by atoms with E-state index in [1.807, 2.05) is 84.9 Å². The summed E-state index contributed by atoms with van der Waals surface area (Å²) in [5.41, 5.74) is 13.2. The zero-order chi connectivity index (χ0) is 41.0. The first-order valence-electron chi connectivity index (χ1n) is 20.6. The molecule has 12 aromatic rings. The van der Waals surface area contributed by atoms with E-state index in [9.17, 15) is 0 Å². The molecule has 0 bridgehead atoms. The Labute approximate surface area is 356 Å². The molecular formula is C55H34N6O. The summed E-state index contributed by atoms with van der Waals surface area (Å²) in [5, 5.41) is 3.27. The van der Waals surface area contributed by atoms with Crippen molar-refractivity contribution in [1.29, 1.82) is 0 Å². The van der Waals surface area contributed by atoms with Gasteiger partial charge in [0.15, 0.2) is 28.9 Å². The van der Waals surface area contributed by atoms with E-state index in [1.54, 1.807) is 0 Å². The normalized spacial score (nSPS) is 11.5. The van der Waals surface area contributed by atoms with E-state index < -0.39 is 0 Å². The molecule has 0 aliphatic heterocycles. The van der Waals surface area contributed by atoms with Crippen LogP contribution in [0.3, 0.4) is 0 Å². The van der Waals surface area contributed by atoms with E-state index in [-0.39, 0.29) is 0 Å². The van der Waals surface area contributed by atoms with E-state index in [2.05, 4.69) is 126 Å². The highest BCUT2D eigenvalue weighted by molar-refractivity contribution is 6.11. The van der Waals surface area contributed by atoms with Gasteiger partial charge in [0, 0.05) is 49.7 Å². The van der Waals surface area contributed by atoms with Crippen LogP contribution < -0.4 is 0 Å². The van der Waals surface area contributed by atoms with Gasteiger partial charge in [0.2, 0.25) is 0 Å². The number of para-hydroxylation sites is 3. The van der Waals surface area contributed by atoms with Crippen molar-refractivity contribution >= 4 is 43.9 Å². The molecule has 0 N–H and O–H groups in total. The van der Waals surface area contributed by atoms with E-state index in [1.165, 1.54) is 5.39 Å². The summed E-state index contributed by atoms with van der Waals surface area (Å²) in [6.07, 6.45) is 0. The quantitative estimate of drug-likeness (QED) is 0.160. The van der Waals surface area contributed by atoms with Crippen LogP contribution in [0.5, 0.6) is 0 Å². The molecule has 0 unspecified atom stereocenters. The molecule has 0 radical (unpaired) electrons. The Morgan fingerprint density at radius 1 is 0.323 bits per heavy atom. The summed E-state index contributed by atoms with van der Waals surface area (Å²) in [7, 11) is 0. The molecule has 62 heavy (non-hydrogen) atoms. The van der Waals surface area contributed by atoms with Gasteiger partial charge in [-0.2, -0.15) is 0 Å². The van der Waals surface area contributed by atoms with Crippen molar-refractivity contribution in [3.63, 3.8) is 0 Å². The molecule has 12 rings (SSSR count). The summed E-state index contributed by atoms with van der Waals surface area (Å²) in [4.78, 5) is 25.1. The second-order valence-electron chi connectivity index (χ2n) is 15.3. The predicted molar refractivity (Wildman–Crippen MR) is 250 cm³/mol. The van der Waals surface area contributed by atoms with Crippen LogP contribution in [0.2, 0.25) is 0 Å². The van der Waals surface area contributed by atoms with Gasteiger partial charge in [-0.05, 0) is 59.7 Å². The van der Waals surface area contributed by atoms with Crippen LogP contribution in [0.4, 0.5) is 0 Å². The fourth-order valence-corrected chi connectivity index (χ4v) is 8.45. The molecule has 0 aliphatic carbocycles. The minimum atomic E-state index is 0.620. The first-order chi connectivity index (χ1) is 30.7. The fourth-order valence-electron chi connectivity index (χ4n) is 8.45. The Bertz CT molecular complexity index is 3540. The van der Waals surface area contributed by atoms with Crippen LogP contribution in [-0.4, -0.2) is 29.5 Å². The lowest BCUT2D eigenvalue weighted by Crippen LogP contribution is -2.00. The third-order valence-corrected chi connectivity index (χ3v) is 11.5. The number of rotatable bonds is 7. The van der Waals surface area contributed by atoms with Crippen molar-refractivity contribution in [2.24, 2.45) is 0 Å². The molecule has 0 fully saturated rings. The Morgan fingerprint density at radius 2 is 0.790 bits per heavy atom. The number of furan rings is 1. The van der Waals surface area contributed by atoms with Crippen molar-refractivity contribution in [3.8, 4) is 73.6 Å². The average Bonchev–Trinajstić information content (AvgIpc) is 3.90. The van der Waals surface area contributed by atoms with E-state index >= 15 is 0 Å². The van der Waals surface area contributed by atoms with Crippen LogP contribution in [-0.2, 0) is 0 Å². The predicted octanol–water partition coefficient (Wildman–Crippen LogP) is 13.7. The molecule has 0 aliphatic rings. The summed E-state index contributed by atoms with van der Waals surface area (Å²) < 4.78 is 8.83. The molecule has 4 heterocycles. The third kappa shape index (κ3) is 6.11. The third-order valence-electron chi connectivity index (χ3n) is 11.5. The molecule has 290 valence electrons. The Balaban J connectivity index is 0.923. The van der Waals surface area contributed by atoms with Gasteiger partial charge >= 0.3 is 0 Å². The second kappa shape index (κ2) is 14.6. The zero-order valence-electron chi connectivity index (χ0n) is 33.2. The van der Waals surface area contributed by atoms with Gasteiger partial charge in [-0.25, -0.2) is 24.9 Å². The highest BCUT2D eigenvalue weighted by Gasteiger charge is 2.20. The van der Waals surface area contributed by atoms with Gasteiger partial charge in [-0.15, -0.1) is 0 Å². The summed E-state index contributed by atoms with van der Waals surface area (Å²) in [6.45, 7) is 0. The van der Waals surface area contributed by atoms with Crippen molar-refractivity contribution in [2.45, 2.75) is 0 Å². The highest BCUT2D eigenvalue weighted by Crippen LogP contribution is 2.39. The van der Waals surface area contributed by atoms with Crippen molar-refractivity contribution in [3.05, 3.63) is 206 Å². The first kappa shape index (κ1) is 35.4. The average molecular weight is 795 g/mol. The van der Waals surface area contributed by atoms with Gasteiger partial charge in [0.25, 0.3) is 0 Å². The number of fused-ring (bicyclic) bond motifs is 6. The lowest BCUT2D eigenvalue weighted by atomic mass is 10.0. The van der Waals surface area contributed by atoms with Crippen LogP contribution >= 0.6 is 0 Å². The number of benzene rings is 8. The molecule has 0 amide bonds. The summed E-state index contributed by atoms with van der Waals surface area (Å²) in [5.74, 6) is 2.53. The number of nitrogens with zero attached hydrogens (tertiary/aromatic N) is 6. The van der Waals surface area contributed by atoms with Gasteiger partial charge in [-0.1, -0.05) is 158 Å². The van der Waals surface area contributed by atoms with Crippen molar-refractivity contribution < 1.29 is 4.42 Å². The topological polar surface area (TPSA) is 82.5 Å². The van der Waals surface area contributed by atoms with Crippen LogP contribution in [0.25, 0.3) is 117 Å². The highest BCUT2D eigenvalue weighted by atomic mass is 16.3. The SMILES string of the molecule is c1ccc(-c2nc(-c3ccccc3)nc(-c3ccc(-c4ccc(-c5nc(-c6ccc7c(c6)c6ccccc6n7-c6ccccc6)nc6c5oc5ccccc56)cc4)cc3)n2)cc1. The van der Waals surface area contributed by atoms with Crippen molar-refractivity contribution in [1.82, 2.24) is 29.5 Å². The van der Waals surface area contributed by atoms with Gasteiger partial charge in [0.05, 0.1) is 11.0 Å². The molecule has 4 aromatic heterocycles. The number of hydrogen-bond donors (Lipinski definition) is 0. The molecule has 7 heteroatoms. The summed E-state index contributed by atoms with van der Waals surface area (Å²) >= 11 is 0. The van der Waals surface area contributed by atoms with Gasteiger partial charge < -0.3 is 8.98 Å². The smallest absolute Gasteiger partial charge is 0.180 e.